The SMILES string of the molecule is Cc1cnc(Oc2ccnc(-c3cnn(C)c3)c2)cn1. The molecule has 3 aromatic heterocycles. The molecule has 0 aliphatic heterocycles. The standard InChI is InChI=1S/C14H13N5O/c1-10-6-17-14(8-16-10)20-12-3-4-15-13(5-12)11-7-18-19(2)9-11/h3-9H,1-2H3. The molecule has 0 amide bonds. The molecule has 0 atom stereocenters. The average molecular weight is 267 g/mol. The van der Waals surface area contributed by atoms with Crippen molar-refractivity contribution in [3.63, 3.8) is 0 Å². The lowest BCUT2D eigenvalue weighted by molar-refractivity contribution is 0.459. The Kier molecular flexibility index (Phi) is 3.12. The molecule has 0 N–H and O–H groups in total. The van der Waals surface area contributed by atoms with Crippen molar-refractivity contribution in [2.24, 2.45) is 7.05 Å². The summed E-state index contributed by atoms with van der Waals surface area (Å²) < 4.78 is 7.39. The fourth-order valence-corrected chi connectivity index (χ4v) is 1.74. The summed E-state index contributed by atoms with van der Waals surface area (Å²) in [5.41, 5.74) is 2.59. The maximum atomic E-state index is 5.66. The van der Waals surface area contributed by atoms with Crippen LogP contribution in [0.1, 0.15) is 5.69 Å². The van der Waals surface area contributed by atoms with Crippen LogP contribution in [0.4, 0.5) is 0 Å². The Morgan fingerprint density at radius 1 is 1.10 bits per heavy atom. The van der Waals surface area contributed by atoms with E-state index in [9.17, 15) is 0 Å². The molecular formula is C14H13N5O. The molecule has 0 saturated carbocycles. The molecule has 6 heteroatoms. The molecule has 0 radical (unpaired) electrons. The Balaban J connectivity index is 1.86. The van der Waals surface area contributed by atoms with E-state index in [1.54, 1.807) is 35.5 Å². The number of hydrogen-bond donors (Lipinski definition) is 0. The van der Waals surface area contributed by atoms with Gasteiger partial charge in [0.2, 0.25) is 5.88 Å². The summed E-state index contributed by atoms with van der Waals surface area (Å²) >= 11 is 0. The first-order valence-electron chi connectivity index (χ1n) is 6.12. The zero-order valence-electron chi connectivity index (χ0n) is 11.2. The summed E-state index contributed by atoms with van der Waals surface area (Å²) in [6.07, 6.45) is 8.62. The van der Waals surface area contributed by atoms with E-state index in [0.717, 1.165) is 17.0 Å². The fraction of sp³-hybridized carbons (Fsp3) is 0.143. The second-order valence-electron chi connectivity index (χ2n) is 4.38. The lowest BCUT2D eigenvalue weighted by Gasteiger charge is -2.05. The molecule has 0 aliphatic rings. The molecule has 100 valence electrons. The van der Waals surface area contributed by atoms with Crippen LogP contribution in [0.15, 0.2) is 43.1 Å². The van der Waals surface area contributed by atoms with Crippen molar-refractivity contribution in [1.82, 2.24) is 24.7 Å². The number of hydrogen-bond acceptors (Lipinski definition) is 5. The molecule has 0 spiro atoms. The molecule has 6 nitrogen and oxygen atoms in total. The molecule has 0 aromatic carbocycles. The van der Waals surface area contributed by atoms with Crippen molar-refractivity contribution in [3.05, 3.63) is 48.8 Å². The van der Waals surface area contributed by atoms with Gasteiger partial charge >= 0.3 is 0 Å². The van der Waals surface area contributed by atoms with E-state index in [2.05, 4.69) is 20.1 Å². The van der Waals surface area contributed by atoms with Crippen LogP contribution < -0.4 is 4.74 Å². The lowest BCUT2D eigenvalue weighted by Crippen LogP contribution is -1.91. The van der Waals surface area contributed by atoms with Crippen molar-refractivity contribution in [2.45, 2.75) is 6.92 Å². The first kappa shape index (κ1) is 12.3. The fourth-order valence-electron chi connectivity index (χ4n) is 1.74. The summed E-state index contributed by atoms with van der Waals surface area (Å²) in [4.78, 5) is 12.6. The van der Waals surface area contributed by atoms with Gasteiger partial charge in [0.05, 0.1) is 30.0 Å². The molecule has 0 bridgehead atoms. The zero-order chi connectivity index (χ0) is 13.9. The third-order valence-corrected chi connectivity index (χ3v) is 2.71. The Morgan fingerprint density at radius 2 is 2.00 bits per heavy atom. The highest BCUT2D eigenvalue weighted by Gasteiger charge is 2.05. The first-order chi connectivity index (χ1) is 9.70. The van der Waals surface area contributed by atoms with E-state index in [1.165, 1.54) is 0 Å². The minimum absolute atomic E-state index is 0.457. The average Bonchev–Trinajstić information content (AvgIpc) is 2.89. The van der Waals surface area contributed by atoms with Crippen LogP contribution in [0, 0.1) is 6.92 Å². The van der Waals surface area contributed by atoms with Crippen LogP contribution in [0.5, 0.6) is 11.6 Å². The summed E-state index contributed by atoms with van der Waals surface area (Å²) in [6.45, 7) is 1.88. The minimum Gasteiger partial charge on any atom is -0.437 e. The van der Waals surface area contributed by atoms with Crippen LogP contribution in [-0.4, -0.2) is 24.7 Å². The molecule has 3 heterocycles. The smallest absolute Gasteiger partial charge is 0.237 e. The van der Waals surface area contributed by atoms with E-state index >= 15 is 0 Å². The van der Waals surface area contributed by atoms with Crippen molar-refractivity contribution in [2.75, 3.05) is 0 Å². The van der Waals surface area contributed by atoms with Crippen LogP contribution in [0.25, 0.3) is 11.3 Å². The molecule has 0 saturated heterocycles. The van der Waals surface area contributed by atoms with E-state index in [1.807, 2.05) is 26.2 Å². The van der Waals surface area contributed by atoms with Gasteiger partial charge in [0.1, 0.15) is 5.75 Å². The number of rotatable bonds is 3. The van der Waals surface area contributed by atoms with Crippen molar-refractivity contribution < 1.29 is 4.74 Å². The number of pyridine rings is 1. The Morgan fingerprint density at radius 3 is 2.70 bits per heavy atom. The summed E-state index contributed by atoms with van der Waals surface area (Å²) in [7, 11) is 1.87. The number of aromatic nitrogens is 5. The summed E-state index contributed by atoms with van der Waals surface area (Å²) in [6, 6.07) is 3.62. The monoisotopic (exact) mass is 267 g/mol. The van der Waals surface area contributed by atoms with E-state index in [-0.39, 0.29) is 0 Å². The topological polar surface area (TPSA) is 65.7 Å². The third-order valence-electron chi connectivity index (χ3n) is 2.71. The molecule has 20 heavy (non-hydrogen) atoms. The highest BCUT2D eigenvalue weighted by atomic mass is 16.5. The van der Waals surface area contributed by atoms with Crippen molar-refractivity contribution in [1.29, 1.82) is 0 Å². The van der Waals surface area contributed by atoms with Gasteiger partial charge in [-0.3, -0.25) is 14.6 Å². The number of ether oxygens (including phenoxy) is 1. The number of aryl methyl sites for hydroxylation is 2. The third kappa shape index (κ3) is 2.64. The van der Waals surface area contributed by atoms with Gasteiger partial charge in [-0.2, -0.15) is 5.10 Å². The van der Waals surface area contributed by atoms with Gasteiger partial charge < -0.3 is 4.74 Å². The molecule has 3 aromatic rings. The van der Waals surface area contributed by atoms with Gasteiger partial charge in [0.15, 0.2) is 0 Å². The predicted molar refractivity (Wildman–Crippen MR) is 73.3 cm³/mol. The number of nitrogens with zero attached hydrogens (tertiary/aromatic N) is 5. The van der Waals surface area contributed by atoms with Crippen LogP contribution in [0.3, 0.4) is 0 Å². The van der Waals surface area contributed by atoms with Gasteiger partial charge in [0.25, 0.3) is 0 Å². The highest BCUT2D eigenvalue weighted by molar-refractivity contribution is 5.58. The van der Waals surface area contributed by atoms with E-state index < -0.39 is 0 Å². The first-order valence-corrected chi connectivity index (χ1v) is 6.12. The van der Waals surface area contributed by atoms with Gasteiger partial charge in [0, 0.05) is 31.1 Å². The minimum atomic E-state index is 0.457. The van der Waals surface area contributed by atoms with Crippen LogP contribution in [-0.2, 0) is 7.05 Å². The van der Waals surface area contributed by atoms with Crippen molar-refractivity contribution >= 4 is 0 Å². The van der Waals surface area contributed by atoms with Crippen molar-refractivity contribution in [3.8, 4) is 22.9 Å². The second kappa shape index (κ2) is 5.08. The molecule has 0 fully saturated rings. The van der Waals surface area contributed by atoms with Gasteiger partial charge in [-0.1, -0.05) is 0 Å². The normalized spacial score (nSPS) is 10.5. The van der Waals surface area contributed by atoms with Gasteiger partial charge in [-0.15, -0.1) is 0 Å². The zero-order valence-corrected chi connectivity index (χ0v) is 11.2. The lowest BCUT2D eigenvalue weighted by atomic mass is 10.2. The largest absolute Gasteiger partial charge is 0.437 e. The van der Waals surface area contributed by atoms with Gasteiger partial charge in [-0.05, 0) is 13.0 Å². The van der Waals surface area contributed by atoms with Crippen LogP contribution in [0.2, 0.25) is 0 Å². The summed E-state index contributed by atoms with van der Waals surface area (Å²) in [5, 5.41) is 4.13. The highest BCUT2D eigenvalue weighted by Crippen LogP contribution is 2.23. The quantitative estimate of drug-likeness (QED) is 0.729. The van der Waals surface area contributed by atoms with Gasteiger partial charge in [-0.25, -0.2) is 4.98 Å². The second-order valence-corrected chi connectivity index (χ2v) is 4.38. The van der Waals surface area contributed by atoms with E-state index in [0.29, 0.717) is 11.6 Å². The summed E-state index contributed by atoms with van der Waals surface area (Å²) in [5.74, 6) is 1.12. The Bertz CT molecular complexity index is 720. The Labute approximate surface area is 116 Å². The predicted octanol–water partition coefficient (Wildman–Crippen LogP) is 2.37. The van der Waals surface area contributed by atoms with Crippen LogP contribution >= 0.6 is 0 Å². The molecular weight excluding hydrogens is 254 g/mol. The molecule has 0 unspecified atom stereocenters. The maximum absolute atomic E-state index is 5.66. The molecule has 0 aliphatic carbocycles. The maximum Gasteiger partial charge on any atom is 0.237 e. The Hall–Kier alpha value is -2.76. The van der Waals surface area contributed by atoms with E-state index in [4.69, 9.17) is 4.74 Å². The molecule has 3 rings (SSSR count).